The summed E-state index contributed by atoms with van der Waals surface area (Å²) in [6, 6.07) is 0.514. The molecule has 0 rings (SSSR count). The van der Waals surface area contributed by atoms with Crippen LogP contribution in [0.3, 0.4) is 0 Å². The number of hydrogen-bond donors (Lipinski definition) is 1. The van der Waals surface area contributed by atoms with Gasteiger partial charge < -0.3 is 10.1 Å². The van der Waals surface area contributed by atoms with E-state index in [2.05, 4.69) is 25.7 Å². The van der Waals surface area contributed by atoms with Gasteiger partial charge in [0.15, 0.2) is 0 Å². The van der Waals surface area contributed by atoms with Crippen molar-refractivity contribution in [2.24, 2.45) is 0 Å². The van der Waals surface area contributed by atoms with Crippen LogP contribution in [0.15, 0.2) is 12.7 Å². The van der Waals surface area contributed by atoms with Gasteiger partial charge in [-0.3, -0.25) is 0 Å². The minimum atomic E-state index is -0.358. The third-order valence-corrected chi connectivity index (χ3v) is 2.16. The molecule has 0 saturated heterocycles. The van der Waals surface area contributed by atoms with Gasteiger partial charge in [-0.1, -0.05) is 20.4 Å². The van der Waals surface area contributed by atoms with E-state index >= 15 is 0 Å². The van der Waals surface area contributed by atoms with Crippen molar-refractivity contribution in [1.82, 2.24) is 5.32 Å². The van der Waals surface area contributed by atoms with Gasteiger partial charge in [-0.2, -0.15) is 0 Å². The topological polar surface area (TPSA) is 38.3 Å². The van der Waals surface area contributed by atoms with Crippen LogP contribution in [0, 0.1) is 0 Å². The largest absolute Gasteiger partial charge is 0.458 e. The van der Waals surface area contributed by atoms with Crippen molar-refractivity contribution in [2.45, 2.75) is 45.8 Å². The summed E-state index contributed by atoms with van der Waals surface area (Å²) in [4.78, 5) is 10.8. The SMILES string of the molecule is C=CC(=O)OC(C)CNC(CC)CC. The Morgan fingerprint density at radius 3 is 2.50 bits per heavy atom. The first-order chi connectivity index (χ1) is 6.63. The Kier molecular flexibility index (Phi) is 7.11. The summed E-state index contributed by atoms with van der Waals surface area (Å²) in [5, 5.41) is 3.34. The average Bonchev–Trinajstić information content (AvgIpc) is 2.19. The third kappa shape index (κ3) is 5.75. The maximum absolute atomic E-state index is 10.8. The van der Waals surface area contributed by atoms with Gasteiger partial charge in [0.25, 0.3) is 0 Å². The monoisotopic (exact) mass is 199 g/mol. The zero-order chi connectivity index (χ0) is 11.0. The highest BCUT2D eigenvalue weighted by Gasteiger charge is 2.08. The average molecular weight is 199 g/mol. The van der Waals surface area contributed by atoms with Crippen molar-refractivity contribution in [2.75, 3.05) is 6.54 Å². The molecule has 3 heteroatoms. The van der Waals surface area contributed by atoms with Gasteiger partial charge >= 0.3 is 5.97 Å². The number of esters is 1. The predicted molar refractivity (Wildman–Crippen MR) is 58.1 cm³/mol. The van der Waals surface area contributed by atoms with Crippen LogP contribution in [0.1, 0.15) is 33.6 Å². The van der Waals surface area contributed by atoms with Crippen LogP contribution in [0.2, 0.25) is 0 Å². The van der Waals surface area contributed by atoms with Crippen LogP contribution in [0.25, 0.3) is 0 Å². The van der Waals surface area contributed by atoms with E-state index in [-0.39, 0.29) is 12.1 Å². The molecule has 0 aromatic heterocycles. The van der Waals surface area contributed by atoms with Crippen molar-refractivity contribution in [1.29, 1.82) is 0 Å². The summed E-state index contributed by atoms with van der Waals surface area (Å²) in [6.07, 6.45) is 3.28. The van der Waals surface area contributed by atoms with Crippen LogP contribution in [-0.4, -0.2) is 24.7 Å². The molecule has 14 heavy (non-hydrogen) atoms. The highest BCUT2D eigenvalue weighted by molar-refractivity contribution is 5.81. The summed E-state index contributed by atoms with van der Waals surface area (Å²) in [6.45, 7) is 10.2. The predicted octanol–water partition coefficient (Wildman–Crippen LogP) is 1.88. The highest BCUT2D eigenvalue weighted by atomic mass is 16.5. The number of carbonyl (C=O) groups is 1. The molecule has 0 aliphatic heterocycles. The molecule has 1 N–H and O–H groups in total. The van der Waals surface area contributed by atoms with Crippen molar-refractivity contribution < 1.29 is 9.53 Å². The number of ether oxygens (including phenoxy) is 1. The van der Waals surface area contributed by atoms with Gasteiger partial charge in [-0.25, -0.2) is 4.79 Å². The van der Waals surface area contributed by atoms with Gasteiger partial charge in [-0.05, 0) is 19.8 Å². The van der Waals surface area contributed by atoms with E-state index in [0.29, 0.717) is 12.6 Å². The molecule has 0 aliphatic carbocycles. The van der Waals surface area contributed by atoms with E-state index in [1.54, 1.807) is 0 Å². The molecule has 0 heterocycles. The maximum Gasteiger partial charge on any atom is 0.330 e. The number of rotatable bonds is 7. The van der Waals surface area contributed by atoms with E-state index in [9.17, 15) is 4.79 Å². The minimum Gasteiger partial charge on any atom is -0.458 e. The lowest BCUT2D eigenvalue weighted by molar-refractivity contribution is -0.141. The third-order valence-electron chi connectivity index (χ3n) is 2.16. The van der Waals surface area contributed by atoms with E-state index in [0.717, 1.165) is 12.8 Å². The summed E-state index contributed by atoms with van der Waals surface area (Å²) in [5.74, 6) is -0.358. The molecule has 0 amide bonds. The summed E-state index contributed by atoms with van der Waals surface area (Å²) in [5.41, 5.74) is 0. The van der Waals surface area contributed by atoms with Crippen LogP contribution in [-0.2, 0) is 9.53 Å². The molecule has 1 atom stereocenters. The Morgan fingerprint density at radius 1 is 1.50 bits per heavy atom. The Balaban J connectivity index is 3.66. The van der Waals surface area contributed by atoms with Crippen LogP contribution < -0.4 is 5.32 Å². The lowest BCUT2D eigenvalue weighted by Crippen LogP contribution is -2.35. The van der Waals surface area contributed by atoms with E-state index in [1.165, 1.54) is 6.08 Å². The molecular weight excluding hydrogens is 178 g/mol. The fraction of sp³-hybridized carbons (Fsp3) is 0.727. The van der Waals surface area contributed by atoms with Crippen molar-refractivity contribution >= 4 is 5.97 Å². The second-order valence-electron chi connectivity index (χ2n) is 3.37. The zero-order valence-electron chi connectivity index (χ0n) is 9.38. The van der Waals surface area contributed by atoms with Gasteiger partial charge in [0.2, 0.25) is 0 Å². The molecule has 1 unspecified atom stereocenters. The smallest absolute Gasteiger partial charge is 0.330 e. The Bertz CT molecular complexity index is 176. The maximum atomic E-state index is 10.8. The molecule has 0 bridgehead atoms. The number of nitrogens with one attached hydrogen (secondary N) is 1. The summed E-state index contributed by atoms with van der Waals surface area (Å²) < 4.78 is 5.02. The molecule has 0 aromatic rings. The van der Waals surface area contributed by atoms with Crippen molar-refractivity contribution in [3.8, 4) is 0 Å². The van der Waals surface area contributed by atoms with Crippen LogP contribution in [0.5, 0.6) is 0 Å². The standard InChI is InChI=1S/C11H21NO2/c1-5-10(6-2)12-8-9(4)14-11(13)7-3/h7,9-10,12H,3,5-6,8H2,1-2,4H3. The summed E-state index contributed by atoms with van der Waals surface area (Å²) >= 11 is 0. The second kappa shape index (κ2) is 7.56. The Labute approximate surface area is 86.5 Å². The summed E-state index contributed by atoms with van der Waals surface area (Å²) in [7, 11) is 0. The molecule has 82 valence electrons. The zero-order valence-corrected chi connectivity index (χ0v) is 9.38. The highest BCUT2D eigenvalue weighted by Crippen LogP contribution is 1.97. The van der Waals surface area contributed by atoms with Gasteiger partial charge in [0.1, 0.15) is 6.10 Å². The molecule has 3 nitrogen and oxygen atoms in total. The fourth-order valence-electron chi connectivity index (χ4n) is 1.20. The van der Waals surface area contributed by atoms with E-state index in [4.69, 9.17) is 4.74 Å². The first-order valence-corrected chi connectivity index (χ1v) is 5.20. The molecule has 0 aliphatic rings. The quantitative estimate of drug-likeness (QED) is 0.502. The fourth-order valence-corrected chi connectivity index (χ4v) is 1.20. The number of carbonyl (C=O) groups excluding carboxylic acids is 1. The molecule has 0 spiro atoms. The van der Waals surface area contributed by atoms with Gasteiger partial charge in [0, 0.05) is 18.7 Å². The molecule has 0 saturated carbocycles. The second-order valence-corrected chi connectivity index (χ2v) is 3.37. The minimum absolute atomic E-state index is 0.0962. The molecular formula is C11H21NO2. The first-order valence-electron chi connectivity index (χ1n) is 5.20. The van der Waals surface area contributed by atoms with E-state index in [1.807, 2.05) is 6.92 Å². The molecule has 0 fully saturated rings. The van der Waals surface area contributed by atoms with E-state index < -0.39 is 0 Å². The first kappa shape index (κ1) is 13.2. The van der Waals surface area contributed by atoms with Crippen LogP contribution >= 0.6 is 0 Å². The van der Waals surface area contributed by atoms with Crippen molar-refractivity contribution in [3.63, 3.8) is 0 Å². The van der Waals surface area contributed by atoms with Crippen molar-refractivity contribution in [3.05, 3.63) is 12.7 Å². The normalized spacial score (nSPS) is 12.6. The Morgan fingerprint density at radius 2 is 2.07 bits per heavy atom. The van der Waals surface area contributed by atoms with Gasteiger partial charge in [-0.15, -0.1) is 0 Å². The van der Waals surface area contributed by atoms with Gasteiger partial charge in [0.05, 0.1) is 0 Å². The lowest BCUT2D eigenvalue weighted by atomic mass is 10.1. The van der Waals surface area contributed by atoms with Crippen LogP contribution in [0.4, 0.5) is 0 Å². The Hall–Kier alpha value is -0.830. The number of hydrogen-bond acceptors (Lipinski definition) is 3. The molecule has 0 radical (unpaired) electrons. The lowest BCUT2D eigenvalue weighted by Gasteiger charge is -2.18. The molecule has 0 aromatic carbocycles.